The minimum atomic E-state index is -0.715. The molecule has 0 saturated heterocycles. The Labute approximate surface area is 137 Å². The van der Waals surface area contributed by atoms with Crippen molar-refractivity contribution in [1.29, 1.82) is 0 Å². The van der Waals surface area contributed by atoms with E-state index in [9.17, 15) is 9.59 Å². The lowest BCUT2D eigenvalue weighted by Gasteiger charge is -2.11. The average Bonchev–Trinajstić information content (AvgIpc) is 2.96. The van der Waals surface area contributed by atoms with Crippen molar-refractivity contribution < 1.29 is 4.79 Å². The number of aromatic nitrogens is 5. The highest BCUT2D eigenvalue weighted by molar-refractivity contribution is 5.95. The highest BCUT2D eigenvalue weighted by Crippen LogP contribution is 2.20. The van der Waals surface area contributed by atoms with E-state index in [1.54, 1.807) is 0 Å². The Morgan fingerprint density at radius 1 is 1.25 bits per heavy atom. The molecule has 0 aliphatic rings. The molecule has 0 saturated carbocycles. The second-order valence-corrected chi connectivity index (χ2v) is 5.54. The molecule has 1 amide bonds. The van der Waals surface area contributed by atoms with Crippen LogP contribution in [0.4, 0.5) is 0 Å². The van der Waals surface area contributed by atoms with E-state index in [-0.39, 0.29) is 17.3 Å². The number of H-pyrrole nitrogens is 1. The summed E-state index contributed by atoms with van der Waals surface area (Å²) in [6.45, 7) is 3.77. The van der Waals surface area contributed by atoms with Crippen LogP contribution in [0, 0.1) is 0 Å². The fourth-order valence-electron chi connectivity index (χ4n) is 2.34. The number of primary amides is 1. The van der Waals surface area contributed by atoms with E-state index in [4.69, 9.17) is 5.73 Å². The van der Waals surface area contributed by atoms with E-state index in [1.807, 2.05) is 44.2 Å². The molecule has 0 atom stereocenters. The SMILES string of the molecule is CC(C)c1n[nH]c(=O)n1-c1nc(-c2ccccc2)ncc1C(N)=O. The number of benzene rings is 1. The third kappa shape index (κ3) is 2.69. The van der Waals surface area contributed by atoms with E-state index in [0.717, 1.165) is 5.56 Å². The predicted octanol–water partition coefficient (Wildman–Crippen LogP) is 1.24. The Bertz CT molecular complexity index is 943. The quantitative estimate of drug-likeness (QED) is 0.748. The van der Waals surface area contributed by atoms with Gasteiger partial charge in [0, 0.05) is 17.7 Å². The summed E-state index contributed by atoms with van der Waals surface area (Å²) in [5, 5.41) is 6.39. The molecule has 0 spiro atoms. The predicted molar refractivity (Wildman–Crippen MR) is 87.8 cm³/mol. The van der Waals surface area contributed by atoms with Crippen LogP contribution < -0.4 is 11.4 Å². The third-order valence-electron chi connectivity index (χ3n) is 3.49. The molecule has 2 aromatic heterocycles. The molecular formula is C16H16N6O2. The minimum Gasteiger partial charge on any atom is -0.365 e. The lowest BCUT2D eigenvalue weighted by Crippen LogP contribution is -2.24. The van der Waals surface area contributed by atoms with Gasteiger partial charge in [-0.15, -0.1) is 0 Å². The molecule has 0 fully saturated rings. The molecule has 122 valence electrons. The highest BCUT2D eigenvalue weighted by Gasteiger charge is 2.21. The fourth-order valence-corrected chi connectivity index (χ4v) is 2.34. The maximum Gasteiger partial charge on any atom is 0.349 e. The summed E-state index contributed by atoms with van der Waals surface area (Å²) in [6, 6.07) is 9.25. The van der Waals surface area contributed by atoms with E-state index >= 15 is 0 Å². The van der Waals surface area contributed by atoms with E-state index in [1.165, 1.54) is 10.8 Å². The van der Waals surface area contributed by atoms with Gasteiger partial charge in [0.15, 0.2) is 11.6 Å². The van der Waals surface area contributed by atoms with E-state index in [0.29, 0.717) is 11.6 Å². The molecule has 8 nitrogen and oxygen atoms in total. The molecular weight excluding hydrogens is 308 g/mol. The summed E-state index contributed by atoms with van der Waals surface area (Å²) in [5.74, 6) is 0.199. The second-order valence-electron chi connectivity index (χ2n) is 5.54. The lowest BCUT2D eigenvalue weighted by atomic mass is 10.2. The third-order valence-corrected chi connectivity index (χ3v) is 3.49. The van der Waals surface area contributed by atoms with Gasteiger partial charge in [0.05, 0.1) is 0 Å². The minimum absolute atomic E-state index is 0.0556. The van der Waals surface area contributed by atoms with Crippen LogP contribution in [-0.2, 0) is 0 Å². The Balaban J connectivity index is 2.28. The van der Waals surface area contributed by atoms with Crippen molar-refractivity contribution in [2.45, 2.75) is 19.8 Å². The number of rotatable bonds is 4. The summed E-state index contributed by atoms with van der Waals surface area (Å²) >= 11 is 0. The molecule has 3 aromatic rings. The first-order chi connectivity index (χ1) is 11.5. The Kier molecular flexibility index (Phi) is 3.95. The molecule has 0 aliphatic heterocycles. The zero-order valence-corrected chi connectivity index (χ0v) is 13.2. The lowest BCUT2D eigenvalue weighted by molar-refractivity contribution is 0.0999. The van der Waals surface area contributed by atoms with Crippen molar-refractivity contribution in [3.63, 3.8) is 0 Å². The molecule has 2 heterocycles. The fraction of sp³-hybridized carbons (Fsp3) is 0.188. The van der Waals surface area contributed by atoms with Gasteiger partial charge in [-0.3, -0.25) is 4.79 Å². The first kappa shape index (κ1) is 15.6. The van der Waals surface area contributed by atoms with Gasteiger partial charge in [0.2, 0.25) is 0 Å². The number of nitrogens with one attached hydrogen (secondary N) is 1. The number of carbonyl (C=O) groups excluding carboxylic acids is 1. The van der Waals surface area contributed by atoms with Crippen molar-refractivity contribution in [3.05, 3.63) is 58.4 Å². The maximum absolute atomic E-state index is 12.2. The second kappa shape index (κ2) is 6.07. The largest absolute Gasteiger partial charge is 0.365 e. The summed E-state index contributed by atoms with van der Waals surface area (Å²) in [4.78, 5) is 32.5. The first-order valence-electron chi connectivity index (χ1n) is 7.39. The van der Waals surface area contributed by atoms with Crippen molar-refractivity contribution in [2.24, 2.45) is 5.73 Å². The smallest absolute Gasteiger partial charge is 0.349 e. The van der Waals surface area contributed by atoms with Gasteiger partial charge in [0.1, 0.15) is 11.4 Å². The summed E-state index contributed by atoms with van der Waals surface area (Å²) in [5.41, 5.74) is 5.75. The summed E-state index contributed by atoms with van der Waals surface area (Å²) in [7, 11) is 0. The number of hydrogen-bond acceptors (Lipinski definition) is 5. The first-order valence-corrected chi connectivity index (χ1v) is 7.39. The number of amides is 1. The number of nitrogens with zero attached hydrogens (tertiary/aromatic N) is 4. The molecule has 8 heteroatoms. The van der Waals surface area contributed by atoms with Crippen molar-refractivity contribution in [1.82, 2.24) is 24.7 Å². The van der Waals surface area contributed by atoms with Gasteiger partial charge in [-0.05, 0) is 0 Å². The number of carbonyl (C=O) groups is 1. The van der Waals surface area contributed by atoms with Crippen molar-refractivity contribution in [3.8, 4) is 17.2 Å². The van der Waals surface area contributed by atoms with Crippen LogP contribution in [0.25, 0.3) is 17.2 Å². The van der Waals surface area contributed by atoms with Gasteiger partial charge >= 0.3 is 5.69 Å². The Morgan fingerprint density at radius 2 is 1.96 bits per heavy atom. The average molecular weight is 324 g/mol. The van der Waals surface area contributed by atoms with Gasteiger partial charge in [-0.2, -0.15) is 5.10 Å². The van der Waals surface area contributed by atoms with Crippen LogP contribution in [0.1, 0.15) is 35.9 Å². The Morgan fingerprint density at radius 3 is 2.58 bits per heavy atom. The standard InChI is InChI=1S/C16H16N6O2/c1-9(2)14-20-21-16(24)22(14)15-11(12(17)23)8-18-13(19-15)10-6-4-3-5-7-10/h3-9H,1-2H3,(H2,17,23)(H,21,24). The Hall–Kier alpha value is -3.29. The van der Waals surface area contributed by atoms with Gasteiger partial charge < -0.3 is 5.73 Å². The molecule has 0 unspecified atom stereocenters. The van der Waals surface area contributed by atoms with Crippen LogP contribution in [-0.4, -0.2) is 30.6 Å². The van der Waals surface area contributed by atoms with Crippen LogP contribution in [0.2, 0.25) is 0 Å². The van der Waals surface area contributed by atoms with Gasteiger partial charge in [0.25, 0.3) is 5.91 Å². The highest BCUT2D eigenvalue weighted by atomic mass is 16.2. The topological polar surface area (TPSA) is 120 Å². The van der Waals surface area contributed by atoms with E-state index in [2.05, 4.69) is 20.2 Å². The normalized spacial score (nSPS) is 11.0. The molecule has 1 aromatic carbocycles. The maximum atomic E-state index is 12.2. The van der Waals surface area contributed by atoms with Crippen molar-refractivity contribution in [2.75, 3.05) is 0 Å². The number of nitrogens with two attached hydrogens (primary N) is 1. The number of hydrogen-bond donors (Lipinski definition) is 2. The summed E-state index contributed by atoms with van der Waals surface area (Å²) in [6.07, 6.45) is 1.33. The monoisotopic (exact) mass is 324 g/mol. The van der Waals surface area contributed by atoms with Crippen LogP contribution in [0.15, 0.2) is 41.3 Å². The number of aromatic amines is 1. The van der Waals surface area contributed by atoms with E-state index < -0.39 is 11.6 Å². The molecule has 0 radical (unpaired) electrons. The molecule has 3 rings (SSSR count). The van der Waals surface area contributed by atoms with Crippen LogP contribution >= 0.6 is 0 Å². The van der Waals surface area contributed by atoms with Crippen LogP contribution in [0.3, 0.4) is 0 Å². The van der Waals surface area contributed by atoms with Crippen LogP contribution in [0.5, 0.6) is 0 Å². The molecule has 0 aliphatic carbocycles. The summed E-state index contributed by atoms with van der Waals surface area (Å²) < 4.78 is 1.26. The molecule has 0 bridgehead atoms. The van der Waals surface area contributed by atoms with Crippen molar-refractivity contribution >= 4 is 5.91 Å². The molecule has 24 heavy (non-hydrogen) atoms. The molecule has 3 N–H and O–H groups in total. The van der Waals surface area contributed by atoms with Gasteiger partial charge in [-0.25, -0.2) is 24.4 Å². The zero-order chi connectivity index (χ0) is 17.3. The zero-order valence-electron chi connectivity index (χ0n) is 13.2. The van der Waals surface area contributed by atoms with Gasteiger partial charge in [-0.1, -0.05) is 44.2 Å².